The molecule has 5 heteroatoms. The average Bonchev–Trinajstić information content (AvgIpc) is 2.39. The molecule has 16 heavy (non-hydrogen) atoms. The van der Waals surface area contributed by atoms with Gasteiger partial charge in [0.2, 0.25) is 0 Å². The van der Waals surface area contributed by atoms with Gasteiger partial charge in [0.05, 0.1) is 18.3 Å². The fourth-order valence-corrected chi connectivity index (χ4v) is 1.76. The molecule has 2 rings (SSSR count). The maximum absolute atomic E-state index is 12.5. The number of benzene rings is 1. The Balaban J connectivity index is 2.41. The Morgan fingerprint density at radius 1 is 1.31 bits per heavy atom. The first-order valence-corrected chi connectivity index (χ1v) is 4.94. The number of fused-ring (bicyclic) bond motifs is 1. The van der Waals surface area contributed by atoms with Crippen molar-refractivity contribution in [1.29, 1.82) is 0 Å². The maximum Gasteiger partial charge on any atom is 0.416 e. The zero-order valence-electron chi connectivity index (χ0n) is 8.42. The Labute approximate surface area is 90.7 Å². The van der Waals surface area contributed by atoms with E-state index in [9.17, 15) is 18.3 Å². The minimum Gasteiger partial charge on any atom is -0.388 e. The van der Waals surface area contributed by atoms with Crippen LogP contribution in [-0.2, 0) is 17.5 Å². The summed E-state index contributed by atoms with van der Waals surface area (Å²) in [5.74, 6) is 0. The predicted octanol–water partition coefficient (Wildman–Crippen LogP) is 2.66. The molecule has 0 spiro atoms. The molecule has 1 aromatic rings. The fourth-order valence-electron chi connectivity index (χ4n) is 1.76. The topological polar surface area (TPSA) is 29.5 Å². The van der Waals surface area contributed by atoms with Crippen LogP contribution >= 0.6 is 0 Å². The van der Waals surface area contributed by atoms with Gasteiger partial charge in [0.25, 0.3) is 0 Å². The number of aliphatic hydroxyl groups is 1. The Bertz CT molecular complexity index is 387. The number of alkyl halides is 3. The van der Waals surface area contributed by atoms with Gasteiger partial charge in [0.15, 0.2) is 0 Å². The molecular formula is C11H11F3O2. The summed E-state index contributed by atoms with van der Waals surface area (Å²) in [5.41, 5.74) is 0.245. The summed E-state index contributed by atoms with van der Waals surface area (Å²) in [5, 5.41) is 9.67. The molecule has 1 aliphatic rings. The van der Waals surface area contributed by atoms with Gasteiger partial charge in [-0.3, -0.25) is 0 Å². The first kappa shape index (κ1) is 11.4. The molecule has 2 nitrogen and oxygen atoms in total. The quantitative estimate of drug-likeness (QED) is 0.745. The summed E-state index contributed by atoms with van der Waals surface area (Å²) in [7, 11) is 0. The van der Waals surface area contributed by atoms with Gasteiger partial charge >= 0.3 is 6.18 Å². The molecule has 1 unspecified atom stereocenters. The van der Waals surface area contributed by atoms with Crippen molar-refractivity contribution < 1.29 is 23.0 Å². The van der Waals surface area contributed by atoms with E-state index >= 15 is 0 Å². The standard InChI is InChI=1S/C11H11F3O2/c12-11(13,14)8-1-2-9-7(5-8)6-16-4-3-10(9)15/h1-2,5,10,15H,3-4,6H2. The zero-order valence-corrected chi connectivity index (χ0v) is 8.42. The lowest BCUT2D eigenvalue weighted by molar-refractivity contribution is -0.137. The van der Waals surface area contributed by atoms with E-state index in [-0.39, 0.29) is 6.61 Å². The molecule has 0 aromatic heterocycles. The molecule has 0 bridgehead atoms. The zero-order chi connectivity index (χ0) is 11.8. The van der Waals surface area contributed by atoms with E-state index < -0.39 is 17.8 Å². The number of ether oxygens (including phenoxy) is 1. The van der Waals surface area contributed by atoms with Gasteiger partial charge in [-0.25, -0.2) is 0 Å². The monoisotopic (exact) mass is 232 g/mol. The maximum atomic E-state index is 12.5. The van der Waals surface area contributed by atoms with Crippen molar-refractivity contribution in [2.45, 2.75) is 25.3 Å². The SMILES string of the molecule is OC1CCOCc2cc(C(F)(F)F)ccc21. The van der Waals surface area contributed by atoms with Gasteiger partial charge in [0, 0.05) is 13.0 Å². The molecule has 1 aliphatic heterocycles. The third kappa shape index (κ3) is 2.20. The highest BCUT2D eigenvalue weighted by molar-refractivity contribution is 5.35. The highest BCUT2D eigenvalue weighted by atomic mass is 19.4. The number of aliphatic hydroxyl groups excluding tert-OH is 1. The molecule has 1 heterocycles. The van der Waals surface area contributed by atoms with E-state index in [1.807, 2.05) is 0 Å². The van der Waals surface area contributed by atoms with Gasteiger partial charge < -0.3 is 9.84 Å². The summed E-state index contributed by atoms with van der Waals surface area (Å²) in [6, 6.07) is 3.37. The molecule has 0 saturated carbocycles. The number of hydrogen-bond donors (Lipinski definition) is 1. The smallest absolute Gasteiger partial charge is 0.388 e. The van der Waals surface area contributed by atoms with Gasteiger partial charge in [-0.15, -0.1) is 0 Å². The lowest BCUT2D eigenvalue weighted by Gasteiger charge is -2.13. The third-order valence-electron chi connectivity index (χ3n) is 2.62. The second-order valence-corrected chi connectivity index (χ2v) is 3.77. The Morgan fingerprint density at radius 3 is 2.75 bits per heavy atom. The number of halogens is 3. The van der Waals surface area contributed by atoms with Crippen LogP contribution in [0.15, 0.2) is 18.2 Å². The predicted molar refractivity (Wildman–Crippen MR) is 50.7 cm³/mol. The third-order valence-corrected chi connectivity index (χ3v) is 2.62. The molecule has 0 aliphatic carbocycles. The van der Waals surface area contributed by atoms with E-state index in [4.69, 9.17) is 4.74 Å². The van der Waals surface area contributed by atoms with Gasteiger partial charge in [-0.1, -0.05) is 6.07 Å². The lowest BCUT2D eigenvalue weighted by Crippen LogP contribution is -2.07. The van der Waals surface area contributed by atoms with Gasteiger partial charge in [0.1, 0.15) is 0 Å². The van der Waals surface area contributed by atoms with Crippen molar-refractivity contribution in [3.63, 3.8) is 0 Å². The molecule has 1 N–H and O–H groups in total. The van der Waals surface area contributed by atoms with E-state index in [0.29, 0.717) is 24.2 Å². The molecule has 0 amide bonds. The molecule has 1 atom stereocenters. The van der Waals surface area contributed by atoms with E-state index in [1.54, 1.807) is 0 Å². The summed E-state index contributed by atoms with van der Waals surface area (Å²) in [6.45, 7) is 0.480. The van der Waals surface area contributed by atoms with Crippen LogP contribution in [0.2, 0.25) is 0 Å². The minimum absolute atomic E-state index is 0.121. The van der Waals surface area contributed by atoms with Crippen LogP contribution in [0, 0.1) is 0 Å². The summed E-state index contributed by atoms with van der Waals surface area (Å²) in [6.07, 6.45) is -4.68. The molecule has 1 aromatic carbocycles. The molecule has 88 valence electrons. The summed E-state index contributed by atoms with van der Waals surface area (Å²) >= 11 is 0. The van der Waals surface area contributed by atoms with E-state index in [2.05, 4.69) is 0 Å². The average molecular weight is 232 g/mol. The molecular weight excluding hydrogens is 221 g/mol. The Morgan fingerprint density at radius 2 is 2.06 bits per heavy atom. The van der Waals surface area contributed by atoms with Crippen molar-refractivity contribution in [3.8, 4) is 0 Å². The van der Waals surface area contributed by atoms with Crippen molar-refractivity contribution in [3.05, 3.63) is 34.9 Å². The summed E-state index contributed by atoms with van der Waals surface area (Å²) in [4.78, 5) is 0. The molecule has 0 saturated heterocycles. The fraction of sp³-hybridized carbons (Fsp3) is 0.455. The van der Waals surface area contributed by atoms with Crippen molar-refractivity contribution in [2.24, 2.45) is 0 Å². The first-order chi connectivity index (χ1) is 7.48. The van der Waals surface area contributed by atoms with Crippen molar-refractivity contribution >= 4 is 0 Å². The van der Waals surface area contributed by atoms with Crippen molar-refractivity contribution in [1.82, 2.24) is 0 Å². The van der Waals surface area contributed by atoms with Crippen LogP contribution in [0.25, 0.3) is 0 Å². The Hall–Kier alpha value is -1.07. The van der Waals surface area contributed by atoms with Crippen LogP contribution < -0.4 is 0 Å². The minimum atomic E-state index is -4.35. The highest BCUT2D eigenvalue weighted by Crippen LogP contribution is 2.33. The lowest BCUT2D eigenvalue weighted by atomic mass is 9.99. The second kappa shape index (κ2) is 4.07. The summed E-state index contributed by atoms with van der Waals surface area (Å²) < 4.78 is 42.5. The van der Waals surface area contributed by atoms with E-state index in [1.165, 1.54) is 6.07 Å². The van der Waals surface area contributed by atoms with Crippen LogP contribution in [-0.4, -0.2) is 11.7 Å². The van der Waals surface area contributed by atoms with Crippen LogP contribution in [0.5, 0.6) is 0 Å². The number of hydrogen-bond acceptors (Lipinski definition) is 2. The largest absolute Gasteiger partial charge is 0.416 e. The molecule has 0 fully saturated rings. The highest BCUT2D eigenvalue weighted by Gasteiger charge is 2.31. The van der Waals surface area contributed by atoms with Crippen LogP contribution in [0.3, 0.4) is 0 Å². The molecule has 0 radical (unpaired) electrons. The van der Waals surface area contributed by atoms with Gasteiger partial charge in [-0.2, -0.15) is 13.2 Å². The van der Waals surface area contributed by atoms with Crippen molar-refractivity contribution in [2.75, 3.05) is 6.61 Å². The normalized spacial score (nSPS) is 21.4. The van der Waals surface area contributed by atoms with E-state index in [0.717, 1.165) is 12.1 Å². The Kier molecular flexibility index (Phi) is 2.90. The number of rotatable bonds is 0. The second-order valence-electron chi connectivity index (χ2n) is 3.77. The van der Waals surface area contributed by atoms with Crippen LogP contribution in [0.1, 0.15) is 29.2 Å². The van der Waals surface area contributed by atoms with Gasteiger partial charge in [-0.05, 0) is 23.3 Å². The first-order valence-electron chi connectivity index (χ1n) is 4.94. The van der Waals surface area contributed by atoms with Crippen LogP contribution in [0.4, 0.5) is 13.2 Å².